The van der Waals surface area contributed by atoms with E-state index in [4.69, 9.17) is 0 Å². The number of pyridine rings is 1. The Morgan fingerprint density at radius 2 is 2.04 bits per heavy atom. The number of rotatable bonds is 2. The fourth-order valence-corrected chi connectivity index (χ4v) is 2.58. The van der Waals surface area contributed by atoms with Crippen LogP contribution in [-0.4, -0.2) is 29.4 Å². The van der Waals surface area contributed by atoms with Gasteiger partial charge in [0, 0.05) is 18.3 Å². The van der Waals surface area contributed by atoms with Crippen LogP contribution < -0.4 is 5.56 Å². The van der Waals surface area contributed by atoms with E-state index in [1.165, 1.54) is 0 Å². The van der Waals surface area contributed by atoms with Gasteiger partial charge in [0.15, 0.2) is 11.3 Å². The van der Waals surface area contributed by atoms with E-state index in [1.807, 2.05) is 44.2 Å². The second-order valence-corrected chi connectivity index (χ2v) is 5.36. The molecule has 4 aromatic rings. The molecule has 0 atom stereocenters. The molecule has 7 heteroatoms. The maximum absolute atomic E-state index is 12.8. The van der Waals surface area contributed by atoms with E-state index in [1.54, 1.807) is 15.3 Å². The van der Waals surface area contributed by atoms with Gasteiger partial charge in [-0.3, -0.25) is 9.36 Å². The van der Waals surface area contributed by atoms with Gasteiger partial charge in [-0.25, -0.2) is 0 Å². The summed E-state index contributed by atoms with van der Waals surface area (Å²) in [4.78, 5) is 17.0. The highest BCUT2D eigenvalue weighted by atomic mass is 16.1. The number of aromatic nitrogens is 6. The molecule has 0 amide bonds. The molecule has 0 fully saturated rings. The average Bonchev–Trinajstić information content (AvgIpc) is 2.99. The monoisotopic (exact) mass is 306 g/mol. The molecule has 0 saturated heterocycles. The van der Waals surface area contributed by atoms with Gasteiger partial charge in [-0.05, 0) is 30.7 Å². The van der Waals surface area contributed by atoms with Gasteiger partial charge < -0.3 is 0 Å². The van der Waals surface area contributed by atoms with E-state index in [9.17, 15) is 4.79 Å². The van der Waals surface area contributed by atoms with Crippen LogP contribution in [0.4, 0.5) is 0 Å². The van der Waals surface area contributed by atoms with Crippen LogP contribution in [0, 0.1) is 6.92 Å². The lowest BCUT2D eigenvalue weighted by molar-refractivity contribution is 0.883. The number of fused-ring (bicyclic) bond motifs is 3. The van der Waals surface area contributed by atoms with Crippen LogP contribution in [0.1, 0.15) is 18.3 Å². The summed E-state index contributed by atoms with van der Waals surface area (Å²) >= 11 is 0. The SMILES string of the molecule is CCc1nc2nnc3c(=O)n(-c4cccc(C)c4)ccc3n2n1. The molecule has 0 unspecified atom stereocenters. The average molecular weight is 306 g/mol. The van der Waals surface area contributed by atoms with E-state index >= 15 is 0 Å². The van der Waals surface area contributed by atoms with Crippen molar-refractivity contribution in [1.29, 1.82) is 0 Å². The zero-order valence-electron chi connectivity index (χ0n) is 12.8. The molecular weight excluding hydrogens is 292 g/mol. The lowest BCUT2D eigenvalue weighted by Gasteiger charge is -2.07. The first kappa shape index (κ1) is 13.6. The molecule has 0 aliphatic heterocycles. The van der Waals surface area contributed by atoms with Gasteiger partial charge in [0.2, 0.25) is 0 Å². The molecule has 1 aromatic carbocycles. The number of hydrogen-bond donors (Lipinski definition) is 0. The highest BCUT2D eigenvalue weighted by molar-refractivity contribution is 5.74. The van der Waals surface area contributed by atoms with Crippen molar-refractivity contribution in [2.75, 3.05) is 0 Å². The Balaban J connectivity index is 2.02. The molecule has 0 radical (unpaired) electrons. The normalized spacial score (nSPS) is 11.4. The van der Waals surface area contributed by atoms with Gasteiger partial charge in [-0.15, -0.1) is 15.3 Å². The summed E-state index contributed by atoms with van der Waals surface area (Å²) in [6, 6.07) is 9.55. The molecule has 3 heterocycles. The Hall–Kier alpha value is -3.09. The van der Waals surface area contributed by atoms with Gasteiger partial charge in [0.1, 0.15) is 5.52 Å². The molecule has 4 rings (SSSR count). The zero-order valence-corrected chi connectivity index (χ0v) is 12.8. The summed E-state index contributed by atoms with van der Waals surface area (Å²) in [6.45, 7) is 3.95. The summed E-state index contributed by atoms with van der Waals surface area (Å²) in [6.07, 6.45) is 2.43. The van der Waals surface area contributed by atoms with Gasteiger partial charge in [0.25, 0.3) is 11.3 Å². The Labute approximate surface area is 131 Å². The van der Waals surface area contributed by atoms with Gasteiger partial charge in [-0.2, -0.15) is 9.50 Å². The molecule has 3 aromatic heterocycles. The summed E-state index contributed by atoms with van der Waals surface area (Å²) in [5.74, 6) is 1.08. The molecule has 0 saturated carbocycles. The largest absolute Gasteiger partial charge is 0.285 e. The summed E-state index contributed by atoms with van der Waals surface area (Å²) in [5.41, 5.74) is 2.53. The van der Waals surface area contributed by atoms with E-state index in [-0.39, 0.29) is 11.1 Å². The van der Waals surface area contributed by atoms with Crippen molar-refractivity contribution in [3.05, 3.63) is 58.3 Å². The van der Waals surface area contributed by atoms with Gasteiger partial charge in [0.05, 0.1) is 0 Å². The third kappa shape index (κ3) is 2.09. The van der Waals surface area contributed by atoms with E-state index in [0.29, 0.717) is 23.5 Å². The predicted molar refractivity (Wildman–Crippen MR) is 85.8 cm³/mol. The number of hydrogen-bond acceptors (Lipinski definition) is 5. The molecule has 114 valence electrons. The molecule has 0 spiro atoms. The Morgan fingerprint density at radius 1 is 1.17 bits per heavy atom. The number of aryl methyl sites for hydroxylation is 2. The predicted octanol–water partition coefficient (Wildman–Crippen LogP) is 1.69. The lowest BCUT2D eigenvalue weighted by Crippen LogP contribution is -2.20. The molecule has 0 aliphatic carbocycles. The third-order valence-corrected chi connectivity index (χ3v) is 3.74. The second-order valence-electron chi connectivity index (χ2n) is 5.36. The fourth-order valence-electron chi connectivity index (χ4n) is 2.58. The summed E-state index contributed by atoms with van der Waals surface area (Å²) in [5, 5.41) is 12.4. The minimum Gasteiger partial charge on any atom is -0.282 e. The maximum atomic E-state index is 12.8. The highest BCUT2D eigenvalue weighted by Gasteiger charge is 2.12. The van der Waals surface area contributed by atoms with Crippen molar-refractivity contribution in [1.82, 2.24) is 29.4 Å². The smallest absolute Gasteiger partial charge is 0.282 e. The van der Waals surface area contributed by atoms with Crippen LogP contribution in [0.5, 0.6) is 0 Å². The van der Waals surface area contributed by atoms with Crippen LogP contribution in [-0.2, 0) is 6.42 Å². The minimum absolute atomic E-state index is 0.226. The van der Waals surface area contributed by atoms with Gasteiger partial charge >= 0.3 is 0 Å². The van der Waals surface area contributed by atoms with Crippen molar-refractivity contribution in [2.24, 2.45) is 0 Å². The van der Waals surface area contributed by atoms with E-state index in [2.05, 4.69) is 20.3 Å². The summed E-state index contributed by atoms with van der Waals surface area (Å²) < 4.78 is 3.14. The highest BCUT2D eigenvalue weighted by Crippen LogP contribution is 2.12. The van der Waals surface area contributed by atoms with Gasteiger partial charge in [-0.1, -0.05) is 19.1 Å². The number of benzene rings is 1. The molecule has 0 N–H and O–H groups in total. The van der Waals surface area contributed by atoms with Crippen LogP contribution in [0.15, 0.2) is 41.3 Å². The molecule has 0 aliphatic rings. The van der Waals surface area contributed by atoms with Crippen molar-refractivity contribution in [3.63, 3.8) is 0 Å². The van der Waals surface area contributed by atoms with Crippen molar-refractivity contribution >= 4 is 16.8 Å². The topological polar surface area (TPSA) is 78.0 Å². The van der Waals surface area contributed by atoms with Crippen molar-refractivity contribution in [3.8, 4) is 5.69 Å². The van der Waals surface area contributed by atoms with Crippen LogP contribution >= 0.6 is 0 Å². The standard InChI is InChI=1S/C16H14N6O/c1-3-13-17-16-19-18-14-12(22(16)20-13)7-8-21(15(14)23)11-6-4-5-10(2)9-11/h4-9H,3H2,1-2H3. The fraction of sp³-hybridized carbons (Fsp3) is 0.188. The first-order valence-electron chi connectivity index (χ1n) is 7.38. The second kappa shape index (κ2) is 4.98. The van der Waals surface area contributed by atoms with Crippen LogP contribution in [0.2, 0.25) is 0 Å². The molecule has 0 bridgehead atoms. The Morgan fingerprint density at radius 3 is 2.83 bits per heavy atom. The summed E-state index contributed by atoms with van der Waals surface area (Å²) in [7, 11) is 0. The Kier molecular flexibility index (Phi) is 2.94. The first-order valence-corrected chi connectivity index (χ1v) is 7.38. The molecular formula is C16H14N6O. The maximum Gasteiger partial charge on any atom is 0.285 e. The van der Waals surface area contributed by atoms with Crippen molar-refractivity contribution < 1.29 is 0 Å². The quantitative estimate of drug-likeness (QED) is 0.563. The van der Waals surface area contributed by atoms with Crippen LogP contribution in [0.3, 0.4) is 0 Å². The van der Waals surface area contributed by atoms with E-state index in [0.717, 1.165) is 11.3 Å². The Bertz CT molecular complexity index is 1090. The molecule has 23 heavy (non-hydrogen) atoms. The number of nitrogens with zero attached hydrogens (tertiary/aromatic N) is 6. The zero-order chi connectivity index (χ0) is 16.0. The first-order chi connectivity index (χ1) is 11.2. The molecule has 7 nitrogen and oxygen atoms in total. The van der Waals surface area contributed by atoms with Crippen LogP contribution in [0.25, 0.3) is 22.5 Å². The lowest BCUT2D eigenvalue weighted by atomic mass is 10.2. The van der Waals surface area contributed by atoms with Crippen molar-refractivity contribution in [2.45, 2.75) is 20.3 Å². The van der Waals surface area contributed by atoms with E-state index < -0.39 is 0 Å². The third-order valence-electron chi connectivity index (χ3n) is 3.74. The minimum atomic E-state index is -0.226.